The van der Waals surface area contributed by atoms with Gasteiger partial charge in [-0.25, -0.2) is 14.4 Å². The van der Waals surface area contributed by atoms with Gasteiger partial charge >= 0.3 is 0 Å². The molecule has 0 saturated carbocycles. The quantitative estimate of drug-likeness (QED) is 0.390. The van der Waals surface area contributed by atoms with Gasteiger partial charge in [-0.05, 0) is 36.8 Å². The number of benzene rings is 2. The third-order valence-corrected chi connectivity index (χ3v) is 6.04. The zero-order valence-corrected chi connectivity index (χ0v) is 20.6. The van der Waals surface area contributed by atoms with E-state index in [2.05, 4.69) is 20.6 Å². The third kappa shape index (κ3) is 5.19. The lowest BCUT2D eigenvalue weighted by molar-refractivity contribution is -0.124. The molecule has 2 N–H and O–H groups in total. The molecule has 0 bridgehead atoms. The zero-order chi connectivity index (χ0) is 25.8. The molecule has 0 spiro atoms. The summed E-state index contributed by atoms with van der Waals surface area (Å²) in [6.45, 7) is 4.14. The average Bonchev–Trinajstić information content (AvgIpc) is 2.89. The van der Waals surface area contributed by atoms with Crippen molar-refractivity contribution in [2.75, 3.05) is 19.5 Å². The molecule has 0 aliphatic heterocycles. The number of rotatable bonds is 8. The summed E-state index contributed by atoms with van der Waals surface area (Å²) >= 11 is 0. The zero-order valence-electron chi connectivity index (χ0n) is 20.6. The van der Waals surface area contributed by atoms with E-state index in [9.17, 15) is 14.0 Å². The summed E-state index contributed by atoms with van der Waals surface area (Å²) in [6, 6.07) is 12.2. The SMILES string of the molecule is CNC(=O)[C@H](C)Cn1cnc2ccc(-c3cnc(OC)c(NCc4cc(C)ccc4F)c3)cc2c1=O. The monoisotopic (exact) mass is 489 g/mol. The molecule has 1 amide bonds. The molecule has 2 heterocycles. The van der Waals surface area contributed by atoms with Crippen molar-refractivity contribution in [3.05, 3.63) is 82.3 Å². The molecule has 2 aromatic heterocycles. The van der Waals surface area contributed by atoms with Crippen LogP contribution in [0.15, 0.2) is 59.8 Å². The van der Waals surface area contributed by atoms with Crippen molar-refractivity contribution in [3.63, 3.8) is 0 Å². The van der Waals surface area contributed by atoms with Crippen LogP contribution in [0.4, 0.5) is 10.1 Å². The Balaban J connectivity index is 1.67. The van der Waals surface area contributed by atoms with Crippen molar-refractivity contribution in [1.29, 1.82) is 0 Å². The maximum Gasteiger partial charge on any atom is 0.261 e. The van der Waals surface area contributed by atoms with Gasteiger partial charge in [0.15, 0.2) is 0 Å². The molecule has 0 saturated heterocycles. The number of pyridine rings is 1. The number of aromatic nitrogens is 3. The molecule has 36 heavy (non-hydrogen) atoms. The average molecular weight is 490 g/mol. The van der Waals surface area contributed by atoms with Crippen molar-refractivity contribution in [2.45, 2.75) is 26.9 Å². The number of anilines is 1. The summed E-state index contributed by atoms with van der Waals surface area (Å²) < 4.78 is 21.0. The van der Waals surface area contributed by atoms with Crippen molar-refractivity contribution in [2.24, 2.45) is 5.92 Å². The van der Waals surface area contributed by atoms with Crippen LogP contribution in [-0.2, 0) is 17.9 Å². The van der Waals surface area contributed by atoms with Gasteiger partial charge in [-0.1, -0.05) is 30.7 Å². The van der Waals surface area contributed by atoms with Gasteiger partial charge in [-0.15, -0.1) is 0 Å². The molecular weight excluding hydrogens is 461 g/mol. The van der Waals surface area contributed by atoms with Crippen LogP contribution < -0.4 is 20.9 Å². The highest BCUT2D eigenvalue weighted by Gasteiger charge is 2.15. The molecule has 9 heteroatoms. The number of carbonyl (C=O) groups excluding carboxylic acids is 1. The predicted octanol–water partition coefficient (Wildman–Crippen LogP) is 3.91. The Morgan fingerprint density at radius 3 is 2.69 bits per heavy atom. The molecule has 1 atom stereocenters. The minimum absolute atomic E-state index is 0.148. The minimum Gasteiger partial charge on any atom is -0.480 e. The molecule has 0 aliphatic carbocycles. The van der Waals surface area contributed by atoms with Crippen molar-refractivity contribution in [3.8, 4) is 17.0 Å². The molecule has 0 unspecified atom stereocenters. The summed E-state index contributed by atoms with van der Waals surface area (Å²) in [5, 5.41) is 6.24. The number of carbonyl (C=O) groups is 1. The highest BCUT2D eigenvalue weighted by Crippen LogP contribution is 2.30. The van der Waals surface area contributed by atoms with E-state index in [0.717, 1.165) is 16.7 Å². The topological polar surface area (TPSA) is 98.1 Å². The molecule has 0 aliphatic rings. The van der Waals surface area contributed by atoms with Gasteiger partial charge in [0.25, 0.3) is 5.56 Å². The van der Waals surface area contributed by atoms with Gasteiger partial charge in [0.2, 0.25) is 11.8 Å². The van der Waals surface area contributed by atoms with Gasteiger partial charge in [0.1, 0.15) is 5.82 Å². The summed E-state index contributed by atoms with van der Waals surface area (Å²) in [5.74, 6) is -0.446. The first-order valence-electron chi connectivity index (χ1n) is 11.5. The number of nitrogens with zero attached hydrogens (tertiary/aromatic N) is 3. The van der Waals surface area contributed by atoms with Crippen LogP contribution in [0.25, 0.3) is 22.0 Å². The summed E-state index contributed by atoms with van der Waals surface area (Å²) in [4.78, 5) is 33.8. The Morgan fingerprint density at radius 2 is 1.94 bits per heavy atom. The molecular formula is C27H28FN5O3. The fourth-order valence-corrected chi connectivity index (χ4v) is 4.02. The van der Waals surface area contributed by atoms with Crippen molar-refractivity contribution >= 4 is 22.5 Å². The Labute approximate surface area is 208 Å². The highest BCUT2D eigenvalue weighted by atomic mass is 19.1. The summed E-state index contributed by atoms with van der Waals surface area (Å²) in [7, 11) is 3.08. The summed E-state index contributed by atoms with van der Waals surface area (Å²) in [6.07, 6.45) is 3.12. The molecule has 8 nitrogen and oxygen atoms in total. The van der Waals surface area contributed by atoms with Crippen LogP contribution in [0.2, 0.25) is 0 Å². The molecule has 186 valence electrons. The first-order chi connectivity index (χ1) is 17.3. The van der Waals surface area contributed by atoms with Crippen LogP contribution in [0.5, 0.6) is 5.88 Å². The number of hydrogen-bond donors (Lipinski definition) is 2. The molecule has 2 aromatic carbocycles. The maximum absolute atomic E-state index is 14.2. The van der Waals surface area contributed by atoms with E-state index >= 15 is 0 Å². The van der Waals surface area contributed by atoms with Gasteiger partial charge < -0.3 is 15.4 Å². The van der Waals surface area contributed by atoms with Crippen molar-refractivity contribution < 1.29 is 13.9 Å². The number of methoxy groups -OCH3 is 1. The number of amides is 1. The summed E-state index contributed by atoms with van der Waals surface area (Å²) in [5.41, 5.74) is 3.93. The fourth-order valence-electron chi connectivity index (χ4n) is 4.02. The second-order valence-corrected chi connectivity index (χ2v) is 8.68. The van der Waals surface area contributed by atoms with Gasteiger partial charge in [0.05, 0.1) is 35.9 Å². The fraction of sp³-hybridized carbons (Fsp3) is 0.259. The van der Waals surface area contributed by atoms with Gasteiger partial charge in [0, 0.05) is 37.5 Å². The van der Waals surface area contributed by atoms with Crippen LogP contribution in [0.1, 0.15) is 18.1 Å². The van der Waals surface area contributed by atoms with Crippen LogP contribution in [0.3, 0.4) is 0 Å². The number of fused-ring (bicyclic) bond motifs is 1. The first kappa shape index (κ1) is 24.8. The smallest absolute Gasteiger partial charge is 0.261 e. The molecule has 0 radical (unpaired) electrons. The standard InChI is InChI=1S/C27H28FN5O3/c1-16-5-7-22(28)20(9-16)13-30-24-11-19(12-31-26(24)36-4)18-6-8-23-21(10-18)27(35)33(15-32-23)14-17(2)25(34)29-3/h5-12,15,17,30H,13-14H2,1-4H3,(H,29,34)/t17-/m1/s1. The maximum atomic E-state index is 14.2. The lowest BCUT2D eigenvalue weighted by Gasteiger charge is -2.14. The third-order valence-electron chi connectivity index (χ3n) is 6.04. The largest absolute Gasteiger partial charge is 0.480 e. The lowest BCUT2D eigenvalue weighted by Crippen LogP contribution is -2.32. The molecule has 4 rings (SSSR count). The molecule has 0 fully saturated rings. The van der Waals surface area contributed by atoms with E-state index < -0.39 is 0 Å². The Morgan fingerprint density at radius 1 is 1.14 bits per heavy atom. The first-order valence-corrected chi connectivity index (χ1v) is 11.5. The van der Waals surface area contributed by atoms with Gasteiger partial charge in [-0.3, -0.25) is 14.2 Å². The van der Waals surface area contributed by atoms with E-state index in [0.29, 0.717) is 28.0 Å². The van der Waals surface area contributed by atoms with E-state index in [1.54, 1.807) is 44.4 Å². The number of aryl methyl sites for hydroxylation is 1. The minimum atomic E-state index is -0.382. The number of ether oxygens (including phenoxy) is 1. The number of halogens is 1. The van der Waals surface area contributed by atoms with E-state index in [-0.39, 0.29) is 36.3 Å². The van der Waals surface area contributed by atoms with Crippen molar-refractivity contribution in [1.82, 2.24) is 19.9 Å². The highest BCUT2D eigenvalue weighted by molar-refractivity contribution is 5.84. The predicted molar refractivity (Wildman–Crippen MR) is 137 cm³/mol. The molecule has 4 aromatic rings. The van der Waals surface area contributed by atoms with E-state index in [1.165, 1.54) is 24.1 Å². The van der Waals surface area contributed by atoms with E-state index in [1.807, 2.05) is 19.1 Å². The van der Waals surface area contributed by atoms with Crippen LogP contribution in [0, 0.1) is 18.7 Å². The Kier molecular flexibility index (Phi) is 7.28. The number of nitrogens with one attached hydrogen (secondary N) is 2. The Bertz CT molecular complexity index is 1480. The second-order valence-electron chi connectivity index (χ2n) is 8.68. The second kappa shape index (κ2) is 10.6. The normalized spacial score (nSPS) is 11.8. The van der Waals surface area contributed by atoms with Gasteiger partial charge in [-0.2, -0.15) is 0 Å². The Hall–Kier alpha value is -4.27. The van der Waals surface area contributed by atoms with E-state index in [4.69, 9.17) is 4.74 Å². The van der Waals surface area contributed by atoms with Crippen LogP contribution in [-0.4, -0.2) is 34.6 Å². The number of hydrogen-bond acceptors (Lipinski definition) is 6. The lowest BCUT2D eigenvalue weighted by atomic mass is 10.0. The van der Waals surface area contributed by atoms with Crippen LogP contribution >= 0.6 is 0 Å².